The molecule has 0 amide bonds. The highest BCUT2D eigenvalue weighted by molar-refractivity contribution is 7.80. The van der Waals surface area contributed by atoms with Crippen molar-refractivity contribution >= 4 is 39.6 Å². The number of H-pyrrole nitrogens is 1. The Morgan fingerprint density at radius 3 is 2.41 bits per heavy atom. The van der Waals surface area contributed by atoms with Crippen LogP contribution in [-0.4, -0.2) is 27.4 Å². The molecule has 3 aromatic rings. The molecule has 0 atom stereocenters. The van der Waals surface area contributed by atoms with Gasteiger partial charge in [0.1, 0.15) is 11.5 Å². The molecule has 0 saturated heterocycles. The fourth-order valence-corrected chi connectivity index (χ4v) is 3.31. The number of aromatic amines is 1. The predicted molar refractivity (Wildman–Crippen MR) is 127 cm³/mol. The lowest BCUT2D eigenvalue weighted by Gasteiger charge is -2.28. The van der Waals surface area contributed by atoms with Gasteiger partial charge < -0.3 is 20.5 Å². The van der Waals surface area contributed by atoms with Crippen LogP contribution in [0.25, 0.3) is 16.6 Å². The van der Waals surface area contributed by atoms with Gasteiger partial charge in [-0.1, -0.05) is 34.3 Å². The Morgan fingerprint density at radius 2 is 1.79 bits per heavy atom. The van der Waals surface area contributed by atoms with Crippen molar-refractivity contribution in [2.75, 3.05) is 11.9 Å². The fraction of sp³-hybridized carbons (Fsp3) is 0.261. The Balaban J connectivity index is 0.00000145. The van der Waals surface area contributed by atoms with Crippen molar-refractivity contribution in [2.45, 2.75) is 33.6 Å². The lowest BCUT2D eigenvalue weighted by molar-refractivity contribution is 0.443. The zero-order valence-corrected chi connectivity index (χ0v) is 18.4. The normalized spacial score (nSPS) is 10.4. The van der Waals surface area contributed by atoms with Gasteiger partial charge in [-0.3, -0.25) is 4.90 Å². The van der Waals surface area contributed by atoms with Gasteiger partial charge in [-0.25, -0.2) is 0 Å². The van der Waals surface area contributed by atoms with E-state index < -0.39 is 0 Å². The van der Waals surface area contributed by atoms with E-state index in [1.165, 1.54) is 6.07 Å². The molecule has 0 unspecified atom stereocenters. The average molecular weight is 412 g/mol. The summed E-state index contributed by atoms with van der Waals surface area (Å²) in [5.41, 5.74) is 3.62. The van der Waals surface area contributed by atoms with Crippen LogP contribution in [0.15, 0.2) is 49.2 Å². The molecule has 0 aliphatic carbocycles. The van der Waals surface area contributed by atoms with Crippen LogP contribution in [0.2, 0.25) is 0 Å². The maximum Gasteiger partial charge on any atom is 0.177 e. The third-order valence-electron chi connectivity index (χ3n) is 4.56. The van der Waals surface area contributed by atoms with Crippen LogP contribution < -0.4 is 10.2 Å². The first-order chi connectivity index (χ1) is 13.8. The lowest BCUT2D eigenvalue weighted by atomic mass is 9.97. The molecule has 0 aliphatic rings. The maximum absolute atomic E-state index is 10.4. The van der Waals surface area contributed by atoms with E-state index in [1.54, 1.807) is 18.0 Å². The third kappa shape index (κ3) is 4.54. The summed E-state index contributed by atoms with van der Waals surface area (Å²) in [4.78, 5) is 4.94. The van der Waals surface area contributed by atoms with Crippen molar-refractivity contribution in [3.05, 3.63) is 60.3 Å². The van der Waals surface area contributed by atoms with Crippen LogP contribution in [0.4, 0.5) is 5.69 Å². The summed E-state index contributed by atoms with van der Waals surface area (Å²) in [6.07, 6.45) is 1.88. The monoisotopic (exact) mass is 411 g/mol. The van der Waals surface area contributed by atoms with Crippen molar-refractivity contribution in [2.24, 2.45) is 0 Å². The largest absolute Gasteiger partial charge is 0.508 e. The highest BCUT2D eigenvalue weighted by Gasteiger charge is 2.21. The van der Waals surface area contributed by atoms with Gasteiger partial charge in [-0.2, -0.15) is 0 Å². The zero-order chi connectivity index (χ0) is 21.7. The van der Waals surface area contributed by atoms with Gasteiger partial charge in [0.2, 0.25) is 0 Å². The van der Waals surface area contributed by atoms with E-state index in [1.807, 2.05) is 58.2 Å². The molecule has 1 heterocycles. The Labute approximate surface area is 177 Å². The topological polar surface area (TPSA) is 71.5 Å². The van der Waals surface area contributed by atoms with Gasteiger partial charge in [0.15, 0.2) is 5.11 Å². The number of aromatic hydroxyl groups is 2. The van der Waals surface area contributed by atoms with E-state index >= 15 is 0 Å². The number of fused-ring (bicyclic) bond motifs is 1. The van der Waals surface area contributed by atoms with Crippen molar-refractivity contribution in [1.29, 1.82) is 0 Å². The molecule has 0 spiro atoms. The number of nitrogens with one attached hydrogen (secondary N) is 2. The molecule has 154 valence electrons. The summed E-state index contributed by atoms with van der Waals surface area (Å²) in [6, 6.07) is 11.0. The van der Waals surface area contributed by atoms with Gasteiger partial charge in [-0.15, -0.1) is 0 Å². The molecule has 4 N–H and O–H groups in total. The first-order valence-corrected chi connectivity index (χ1v) is 10.1. The summed E-state index contributed by atoms with van der Waals surface area (Å²) in [6.45, 7) is 12.1. The second-order valence-corrected chi connectivity index (χ2v) is 7.06. The molecule has 6 heteroatoms. The summed E-state index contributed by atoms with van der Waals surface area (Å²) in [7, 11) is 1.74. The first kappa shape index (κ1) is 22.3. The first-order valence-electron chi connectivity index (χ1n) is 9.67. The number of aromatic nitrogens is 1. The zero-order valence-electron chi connectivity index (χ0n) is 17.6. The van der Waals surface area contributed by atoms with Crippen molar-refractivity contribution < 1.29 is 10.2 Å². The van der Waals surface area contributed by atoms with Crippen LogP contribution >= 0.6 is 12.2 Å². The van der Waals surface area contributed by atoms with E-state index in [4.69, 9.17) is 12.2 Å². The number of rotatable bonds is 4. The van der Waals surface area contributed by atoms with Crippen molar-refractivity contribution in [1.82, 2.24) is 10.3 Å². The van der Waals surface area contributed by atoms with Gasteiger partial charge in [0.05, 0.1) is 5.70 Å². The van der Waals surface area contributed by atoms with Crippen LogP contribution in [0.5, 0.6) is 11.5 Å². The molecule has 0 radical (unpaired) electrons. The third-order valence-corrected chi connectivity index (χ3v) is 4.95. The fourth-order valence-electron chi connectivity index (χ4n) is 3.10. The van der Waals surface area contributed by atoms with Gasteiger partial charge >= 0.3 is 0 Å². The van der Waals surface area contributed by atoms with Crippen LogP contribution in [-0.2, 0) is 0 Å². The number of anilines is 1. The molecule has 0 bridgehead atoms. The summed E-state index contributed by atoms with van der Waals surface area (Å²) in [5, 5.41) is 25.0. The predicted octanol–water partition coefficient (Wildman–Crippen LogP) is 5.71. The quantitative estimate of drug-likeness (QED) is 0.414. The van der Waals surface area contributed by atoms with E-state index in [-0.39, 0.29) is 17.4 Å². The molecule has 0 aliphatic heterocycles. The van der Waals surface area contributed by atoms with E-state index in [2.05, 4.69) is 16.9 Å². The van der Waals surface area contributed by atoms with Crippen LogP contribution in [0, 0.1) is 0 Å². The molecule has 0 fully saturated rings. The van der Waals surface area contributed by atoms with Gasteiger partial charge in [-0.05, 0) is 54.0 Å². The molecular weight excluding hydrogens is 382 g/mol. The molecular formula is C23H29N3O2S. The SMILES string of the molecule is C=C(c1cc(C(C)C)c(O)cc1O)N(C(=S)NC)c1ccc2[nH]ccc2c1.CC. The summed E-state index contributed by atoms with van der Waals surface area (Å²) in [5.74, 6) is 0.113. The van der Waals surface area contributed by atoms with Gasteiger partial charge in [0, 0.05) is 41.5 Å². The number of hydrogen-bond acceptors (Lipinski definition) is 3. The van der Waals surface area contributed by atoms with E-state index in [0.717, 1.165) is 22.2 Å². The summed E-state index contributed by atoms with van der Waals surface area (Å²) < 4.78 is 0. The molecule has 2 aromatic carbocycles. The minimum Gasteiger partial charge on any atom is -0.508 e. The Kier molecular flexibility index (Phi) is 7.29. The van der Waals surface area contributed by atoms with Crippen LogP contribution in [0.1, 0.15) is 44.7 Å². The number of benzene rings is 2. The minimum absolute atomic E-state index is 0.0477. The Morgan fingerprint density at radius 1 is 1.10 bits per heavy atom. The van der Waals surface area contributed by atoms with Crippen LogP contribution in [0.3, 0.4) is 0 Å². The lowest BCUT2D eigenvalue weighted by Crippen LogP contribution is -2.36. The Hall–Kier alpha value is -2.99. The number of hydrogen-bond donors (Lipinski definition) is 4. The minimum atomic E-state index is -0.0477. The second-order valence-electron chi connectivity index (χ2n) is 6.67. The van der Waals surface area contributed by atoms with E-state index in [9.17, 15) is 10.2 Å². The summed E-state index contributed by atoms with van der Waals surface area (Å²) >= 11 is 5.51. The standard InChI is InChI=1S/C21H23N3O2S.C2H6/c1-12(2)16-10-17(20(26)11-19(16)25)13(3)24(21(27)22-4)15-5-6-18-14(9-15)7-8-23-18;1-2/h5-12,23,25-26H,3H2,1-2,4H3,(H,22,27);1-2H3. The second kappa shape index (κ2) is 9.47. The smallest absolute Gasteiger partial charge is 0.177 e. The average Bonchev–Trinajstić information content (AvgIpc) is 3.17. The number of phenolic OH excluding ortho intramolecular Hbond substituents is 2. The van der Waals surface area contributed by atoms with E-state index in [0.29, 0.717) is 16.4 Å². The van der Waals surface area contributed by atoms with Crippen molar-refractivity contribution in [3.63, 3.8) is 0 Å². The maximum atomic E-state index is 10.4. The highest BCUT2D eigenvalue weighted by atomic mass is 32.1. The number of phenols is 2. The molecule has 3 rings (SSSR count). The molecule has 5 nitrogen and oxygen atoms in total. The van der Waals surface area contributed by atoms with Gasteiger partial charge in [0.25, 0.3) is 0 Å². The number of nitrogens with zero attached hydrogens (tertiary/aromatic N) is 1. The molecule has 29 heavy (non-hydrogen) atoms. The Bertz CT molecular complexity index is 1020. The van der Waals surface area contributed by atoms with Crippen molar-refractivity contribution in [3.8, 4) is 11.5 Å². The number of thiocarbonyl (C=S) groups is 1. The molecule has 0 saturated carbocycles. The highest BCUT2D eigenvalue weighted by Crippen LogP contribution is 2.38. The molecule has 1 aromatic heterocycles.